The third-order valence-electron chi connectivity index (χ3n) is 3.40. The summed E-state index contributed by atoms with van der Waals surface area (Å²) in [6.45, 7) is 2.42. The van der Waals surface area contributed by atoms with E-state index in [9.17, 15) is 4.79 Å². The summed E-state index contributed by atoms with van der Waals surface area (Å²) in [6, 6.07) is 3.78. The predicted octanol–water partition coefficient (Wildman–Crippen LogP) is 1.26. The van der Waals surface area contributed by atoms with Crippen LogP contribution >= 0.6 is 12.4 Å². The molecule has 0 aliphatic carbocycles. The van der Waals surface area contributed by atoms with Crippen LogP contribution in [0.25, 0.3) is 0 Å². The lowest BCUT2D eigenvalue weighted by molar-refractivity contribution is 0.0684. The highest BCUT2D eigenvalue weighted by molar-refractivity contribution is 5.92. The quantitative estimate of drug-likeness (QED) is 0.867. The van der Waals surface area contributed by atoms with Gasteiger partial charge in [0.1, 0.15) is 5.69 Å². The highest BCUT2D eigenvalue weighted by Gasteiger charge is 2.23. The lowest BCUT2D eigenvalue weighted by atomic mass is 9.97. The van der Waals surface area contributed by atoms with Crippen molar-refractivity contribution in [2.45, 2.75) is 12.8 Å². The molecule has 0 unspecified atom stereocenters. The third kappa shape index (κ3) is 3.01. The highest BCUT2D eigenvalue weighted by Crippen LogP contribution is 2.17. The molecule has 1 aromatic rings. The van der Waals surface area contributed by atoms with Gasteiger partial charge in [-0.25, -0.2) is 0 Å². The molecule has 0 saturated carbocycles. The van der Waals surface area contributed by atoms with E-state index in [0.717, 1.165) is 38.2 Å². The number of likely N-dealkylation sites (tertiary alicyclic amines) is 1. The van der Waals surface area contributed by atoms with Gasteiger partial charge in [0.05, 0.1) is 0 Å². The van der Waals surface area contributed by atoms with Crippen molar-refractivity contribution in [1.29, 1.82) is 0 Å². The van der Waals surface area contributed by atoms with Gasteiger partial charge in [0.15, 0.2) is 0 Å². The summed E-state index contributed by atoms with van der Waals surface area (Å²) in [6.07, 6.45) is 3.97. The number of halogens is 1. The molecule has 0 aromatic carbocycles. The molecule has 1 saturated heterocycles. The van der Waals surface area contributed by atoms with Crippen molar-refractivity contribution >= 4 is 18.3 Å². The second-order valence-corrected chi connectivity index (χ2v) is 4.48. The SMILES string of the molecule is Cl.Cn1cccc1C(=O)N1CCC(CN)CC1. The van der Waals surface area contributed by atoms with Crippen LogP contribution in [-0.4, -0.2) is 35.0 Å². The zero-order chi connectivity index (χ0) is 11.5. The van der Waals surface area contributed by atoms with E-state index in [0.29, 0.717) is 5.92 Å². The molecule has 2 heterocycles. The monoisotopic (exact) mass is 257 g/mol. The van der Waals surface area contributed by atoms with Gasteiger partial charge in [-0.2, -0.15) is 0 Å². The van der Waals surface area contributed by atoms with Crippen molar-refractivity contribution < 1.29 is 4.79 Å². The Morgan fingerprint density at radius 3 is 2.59 bits per heavy atom. The van der Waals surface area contributed by atoms with Crippen LogP contribution in [0.1, 0.15) is 23.3 Å². The number of carbonyl (C=O) groups excluding carboxylic acids is 1. The number of piperidine rings is 1. The molecule has 2 N–H and O–H groups in total. The van der Waals surface area contributed by atoms with Crippen LogP contribution in [-0.2, 0) is 7.05 Å². The van der Waals surface area contributed by atoms with Crippen LogP contribution in [0.2, 0.25) is 0 Å². The van der Waals surface area contributed by atoms with E-state index < -0.39 is 0 Å². The van der Waals surface area contributed by atoms with E-state index in [4.69, 9.17) is 5.73 Å². The van der Waals surface area contributed by atoms with Gasteiger partial charge >= 0.3 is 0 Å². The van der Waals surface area contributed by atoms with E-state index >= 15 is 0 Å². The summed E-state index contributed by atoms with van der Waals surface area (Å²) in [4.78, 5) is 14.1. The van der Waals surface area contributed by atoms with Crippen molar-refractivity contribution in [3.05, 3.63) is 24.0 Å². The van der Waals surface area contributed by atoms with Crippen LogP contribution in [0.5, 0.6) is 0 Å². The molecule has 1 aromatic heterocycles. The Morgan fingerprint density at radius 1 is 1.47 bits per heavy atom. The van der Waals surface area contributed by atoms with Crippen molar-refractivity contribution in [3.63, 3.8) is 0 Å². The van der Waals surface area contributed by atoms with Crippen LogP contribution in [0.15, 0.2) is 18.3 Å². The van der Waals surface area contributed by atoms with Crippen molar-refractivity contribution in [1.82, 2.24) is 9.47 Å². The summed E-state index contributed by atoms with van der Waals surface area (Å²) in [5.74, 6) is 0.737. The van der Waals surface area contributed by atoms with Crippen molar-refractivity contribution in [2.24, 2.45) is 18.7 Å². The fourth-order valence-electron chi connectivity index (χ4n) is 2.22. The molecule has 0 atom stereocenters. The summed E-state index contributed by atoms with van der Waals surface area (Å²) in [5, 5.41) is 0. The molecule has 0 radical (unpaired) electrons. The molecule has 0 spiro atoms. The van der Waals surface area contributed by atoms with E-state index in [1.165, 1.54) is 0 Å². The number of rotatable bonds is 2. The third-order valence-corrected chi connectivity index (χ3v) is 3.40. The Balaban J connectivity index is 0.00000144. The number of aryl methyl sites for hydroxylation is 1. The number of carbonyl (C=O) groups is 1. The fourth-order valence-corrected chi connectivity index (χ4v) is 2.22. The van der Waals surface area contributed by atoms with E-state index in [1.54, 1.807) is 0 Å². The maximum atomic E-state index is 12.2. The van der Waals surface area contributed by atoms with Gasteiger partial charge in [-0.3, -0.25) is 4.79 Å². The Bertz CT molecular complexity index is 370. The van der Waals surface area contributed by atoms with Gasteiger partial charge in [0.2, 0.25) is 0 Å². The average Bonchev–Trinajstić information content (AvgIpc) is 2.75. The standard InChI is InChI=1S/C12H19N3O.ClH/c1-14-6-2-3-11(14)12(16)15-7-4-10(9-13)5-8-15;/h2-3,6,10H,4-5,7-9,13H2,1H3;1H. The molecule has 1 amide bonds. The average molecular weight is 258 g/mol. The Morgan fingerprint density at radius 2 is 2.12 bits per heavy atom. The molecule has 1 aliphatic heterocycles. The van der Waals surface area contributed by atoms with E-state index in [1.807, 2.05) is 34.8 Å². The first-order valence-corrected chi connectivity index (χ1v) is 5.83. The molecule has 2 rings (SSSR count). The zero-order valence-electron chi connectivity index (χ0n) is 10.1. The second-order valence-electron chi connectivity index (χ2n) is 4.48. The summed E-state index contributed by atoms with van der Waals surface area (Å²) >= 11 is 0. The second kappa shape index (κ2) is 6.07. The number of amides is 1. The highest BCUT2D eigenvalue weighted by atomic mass is 35.5. The predicted molar refractivity (Wildman–Crippen MR) is 70.3 cm³/mol. The largest absolute Gasteiger partial charge is 0.347 e. The molecule has 17 heavy (non-hydrogen) atoms. The Labute approximate surface area is 108 Å². The van der Waals surface area contributed by atoms with E-state index in [2.05, 4.69) is 0 Å². The summed E-state index contributed by atoms with van der Waals surface area (Å²) < 4.78 is 1.87. The van der Waals surface area contributed by atoms with Crippen LogP contribution in [0.4, 0.5) is 0 Å². The van der Waals surface area contributed by atoms with Gasteiger partial charge in [0.25, 0.3) is 5.91 Å². The van der Waals surface area contributed by atoms with E-state index in [-0.39, 0.29) is 18.3 Å². The Hall–Kier alpha value is -1.00. The number of hydrogen-bond acceptors (Lipinski definition) is 2. The molecule has 96 valence electrons. The fraction of sp³-hybridized carbons (Fsp3) is 0.583. The minimum absolute atomic E-state index is 0. The van der Waals surface area contributed by atoms with Crippen LogP contribution in [0.3, 0.4) is 0 Å². The molecule has 1 aliphatic rings. The minimum atomic E-state index is 0. The topological polar surface area (TPSA) is 51.3 Å². The molecular formula is C12H20ClN3O. The van der Waals surface area contributed by atoms with Gasteiger partial charge in [-0.1, -0.05) is 0 Å². The number of nitrogens with zero attached hydrogens (tertiary/aromatic N) is 2. The lowest BCUT2D eigenvalue weighted by Crippen LogP contribution is -2.40. The van der Waals surface area contributed by atoms with Gasteiger partial charge in [-0.15, -0.1) is 12.4 Å². The first-order chi connectivity index (χ1) is 7.72. The maximum Gasteiger partial charge on any atom is 0.270 e. The summed E-state index contributed by atoms with van der Waals surface area (Å²) in [5.41, 5.74) is 6.41. The molecule has 1 fully saturated rings. The van der Waals surface area contributed by atoms with Crippen LogP contribution in [0, 0.1) is 5.92 Å². The number of hydrogen-bond donors (Lipinski definition) is 1. The Kier molecular flexibility index (Phi) is 5.02. The first-order valence-electron chi connectivity index (χ1n) is 5.83. The van der Waals surface area contributed by atoms with Gasteiger partial charge in [-0.05, 0) is 37.4 Å². The van der Waals surface area contributed by atoms with Crippen LogP contribution < -0.4 is 5.73 Å². The molecular weight excluding hydrogens is 238 g/mol. The zero-order valence-corrected chi connectivity index (χ0v) is 10.9. The maximum absolute atomic E-state index is 12.2. The normalized spacial score (nSPS) is 16.7. The minimum Gasteiger partial charge on any atom is -0.347 e. The summed E-state index contributed by atoms with van der Waals surface area (Å²) in [7, 11) is 1.90. The molecule has 0 bridgehead atoms. The molecule has 5 heteroatoms. The van der Waals surface area contributed by atoms with Gasteiger partial charge in [0, 0.05) is 26.3 Å². The smallest absolute Gasteiger partial charge is 0.270 e. The number of aromatic nitrogens is 1. The number of nitrogens with two attached hydrogens (primary N) is 1. The van der Waals surface area contributed by atoms with Crippen molar-refractivity contribution in [2.75, 3.05) is 19.6 Å². The van der Waals surface area contributed by atoms with Gasteiger partial charge < -0.3 is 15.2 Å². The lowest BCUT2D eigenvalue weighted by Gasteiger charge is -2.31. The first kappa shape index (κ1) is 14.1. The van der Waals surface area contributed by atoms with Crippen molar-refractivity contribution in [3.8, 4) is 0 Å². The molecule has 4 nitrogen and oxygen atoms in total.